The van der Waals surface area contributed by atoms with Crippen LogP contribution in [0.1, 0.15) is 15.2 Å². The zero-order valence-electron chi connectivity index (χ0n) is 14.1. The molecular weight excluding hydrogens is 406 g/mol. The van der Waals surface area contributed by atoms with E-state index in [1.54, 1.807) is 41.9 Å². The molecule has 27 heavy (non-hydrogen) atoms. The summed E-state index contributed by atoms with van der Waals surface area (Å²) >= 11 is 8.91. The van der Waals surface area contributed by atoms with Crippen molar-refractivity contribution in [1.82, 2.24) is 25.6 Å². The minimum absolute atomic E-state index is 0.0977. The van der Waals surface area contributed by atoms with Crippen LogP contribution in [0.5, 0.6) is 0 Å². The van der Waals surface area contributed by atoms with Gasteiger partial charge in [0, 0.05) is 11.4 Å². The Hall–Kier alpha value is -2.36. The molecule has 0 bridgehead atoms. The van der Waals surface area contributed by atoms with Crippen LogP contribution in [0, 0.1) is 0 Å². The van der Waals surface area contributed by atoms with Crippen LogP contribution < -0.4 is 10.9 Å². The molecule has 1 aromatic carbocycles. The maximum absolute atomic E-state index is 12.0. The summed E-state index contributed by atoms with van der Waals surface area (Å²) in [6.07, 6.45) is 2.52. The van der Waals surface area contributed by atoms with Crippen molar-refractivity contribution in [2.75, 3.05) is 5.75 Å². The van der Waals surface area contributed by atoms with E-state index in [1.807, 2.05) is 16.0 Å². The minimum Gasteiger partial charge on any atom is -0.308 e. The van der Waals surface area contributed by atoms with E-state index in [1.165, 1.54) is 16.6 Å². The van der Waals surface area contributed by atoms with Crippen molar-refractivity contribution in [2.24, 2.45) is 0 Å². The zero-order valence-corrected chi connectivity index (χ0v) is 16.5. The Morgan fingerprint density at radius 3 is 2.81 bits per heavy atom. The minimum atomic E-state index is -0.474. The number of carbonyl (C=O) groups is 2. The van der Waals surface area contributed by atoms with Gasteiger partial charge in [0.1, 0.15) is 6.33 Å². The number of thioether (sulfide) groups is 1. The summed E-state index contributed by atoms with van der Waals surface area (Å²) in [7, 11) is 0. The Morgan fingerprint density at radius 1 is 1.19 bits per heavy atom. The number of carbonyl (C=O) groups excluding carboxylic acids is 2. The maximum atomic E-state index is 12.0. The lowest BCUT2D eigenvalue weighted by Gasteiger charge is -2.08. The number of nitrogens with one attached hydrogen (secondary N) is 2. The van der Waals surface area contributed by atoms with Crippen molar-refractivity contribution < 1.29 is 9.59 Å². The molecule has 0 aliphatic carbocycles. The summed E-state index contributed by atoms with van der Waals surface area (Å²) in [6, 6.07) is 10.7. The number of nitrogens with zero attached hydrogens (tertiary/aromatic N) is 3. The molecule has 0 unspecified atom stereocenters. The number of thiophene rings is 1. The second-order valence-electron chi connectivity index (χ2n) is 5.41. The average molecular weight is 422 g/mol. The van der Waals surface area contributed by atoms with Gasteiger partial charge >= 0.3 is 0 Å². The molecule has 0 saturated carbocycles. The van der Waals surface area contributed by atoms with Crippen LogP contribution in [0.2, 0.25) is 5.02 Å². The number of rotatable bonds is 7. The molecule has 0 aliphatic heterocycles. The molecule has 0 aliphatic rings. The summed E-state index contributed by atoms with van der Waals surface area (Å²) in [5, 5.41) is 10.9. The van der Waals surface area contributed by atoms with Gasteiger partial charge in [0.15, 0.2) is 5.16 Å². The first-order chi connectivity index (χ1) is 13.1. The Kier molecular flexibility index (Phi) is 6.86. The second-order valence-corrected chi connectivity index (χ2v) is 7.79. The number of benzene rings is 1. The predicted molar refractivity (Wildman–Crippen MR) is 106 cm³/mol. The number of amides is 2. The van der Waals surface area contributed by atoms with Crippen LogP contribution in [0.15, 0.2) is 53.3 Å². The Morgan fingerprint density at radius 2 is 2.04 bits per heavy atom. The first kappa shape index (κ1) is 19.4. The highest BCUT2D eigenvalue weighted by molar-refractivity contribution is 7.99. The number of halogens is 1. The van der Waals surface area contributed by atoms with E-state index in [-0.39, 0.29) is 11.7 Å². The number of hydrogen-bond donors (Lipinski definition) is 2. The number of hydrogen-bond acceptors (Lipinski definition) is 6. The molecule has 7 nitrogen and oxygen atoms in total. The van der Waals surface area contributed by atoms with Gasteiger partial charge in [0.2, 0.25) is 5.91 Å². The van der Waals surface area contributed by atoms with Crippen LogP contribution in [0.4, 0.5) is 0 Å². The molecule has 3 aromatic rings. The van der Waals surface area contributed by atoms with Crippen molar-refractivity contribution in [3.63, 3.8) is 0 Å². The lowest BCUT2D eigenvalue weighted by molar-refractivity contribution is -0.119. The fourth-order valence-corrected chi connectivity index (χ4v) is 3.86. The molecule has 0 saturated heterocycles. The largest absolute Gasteiger partial charge is 0.308 e. The van der Waals surface area contributed by atoms with Crippen LogP contribution in [-0.2, 0) is 17.8 Å². The predicted octanol–water partition coefficient (Wildman–Crippen LogP) is 2.79. The summed E-state index contributed by atoms with van der Waals surface area (Å²) in [6.45, 7) is 0.737. The quantitative estimate of drug-likeness (QED) is 0.452. The third-order valence-electron chi connectivity index (χ3n) is 3.53. The van der Waals surface area contributed by atoms with Crippen LogP contribution in [-0.4, -0.2) is 32.3 Å². The fraction of sp³-hybridized carbons (Fsp3) is 0.176. The Labute approximate surface area is 169 Å². The summed E-state index contributed by atoms with van der Waals surface area (Å²) in [5.41, 5.74) is 5.01. The second kappa shape index (κ2) is 9.54. The van der Waals surface area contributed by atoms with E-state index in [4.69, 9.17) is 11.6 Å². The topological polar surface area (TPSA) is 88.9 Å². The van der Waals surface area contributed by atoms with Gasteiger partial charge in [0.05, 0.1) is 16.3 Å². The van der Waals surface area contributed by atoms with Gasteiger partial charge in [0.25, 0.3) is 5.91 Å². The molecule has 2 amide bonds. The smallest absolute Gasteiger partial charge is 0.271 e. The summed E-state index contributed by atoms with van der Waals surface area (Å²) in [4.78, 5) is 25.3. The van der Waals surface area contributed by atoms with E-state index >= 15 is 0 Å². The molecule has 2 heterocycles. The average Bonchev–Trinajstić information content (AvgIpc) is 3.34. The van der Waals surface area contributed by atoms with Crippen molar-refractivity contribution in [3.05, 3.63) is 63.6 Å². The maximum Gasteiger partial charge on any atom is 0.271 e. The molecule has 0 atom stereocenters. The lowest BCUT2D eigenvalue weighted by Crippen LogP contribution is -2.42. The van der Waals surface area contributed by atoms with Crippen molar-refractivity contribution in [1.29, 1.82) is 0 Å². The summed E-state index contributed by atoms with van der Waals surface area (Å²) < 4.78 is 1.90. The molecule has 0 spiro atoms. The van der Waals surface area contributed by atoms with E-state index in [2.05, 4.69) is 27.1 Å². The van der Waals surface area contributed by atoms with Gasteiger partial charge in [-0.25, -0.2) is 0 Å². The monoisotopic (exact) mass is 421 g/mol. The van der Waals surface area contributed by atoms with Gasteiger partial charge in [-0.3, -0.25) is 20.4 Å². The van der Waals surface area contributed by atoms with Crippen molar-refractivity contribution in [2.45, 2.75) is 18.1 Å². The third kappa shape index (κ3) is 5.56. The molecular formula is C17H16ClN5O2S2. The highest BCUT2D eigenvalue weighted by atomic mass is 35.5. The van der Waals surface area contributed by atoms with Gasteiger partial charge in [-0.2, -0.15) is 0 Å². The van der Waals surface area contributed by atoms with E-state index < -0.39 is 5.91 Å². The van der Waals surface area contributed by atoms with Gasteiger partial charge < -0.3 is 4.57 Å². The first-order valence-electron chi connectivity index (χ1n) is 8.00. The van der Waals surface area contributed by atoms with Gasteiger partial charge in [-0.05, 0) is 30.0 Å². The first-order valence-corrected chi connectivity index (χ1v) is 10.2. The van der Waals surface area contributed by atoms with E-state index in [0.29, 0.717) is 15.7 Å². The molecule has 2 aromatic heterocycles. The summed E-state index contributed by atoms with van der Waals surface area (Å²) in [5.74, 6) is -0.730. The van der Waals surface area contributed by atoms with Gasteiger partial charge in [-0.1, -0.05) is 41.6 Å². The molecule has 140 valence electrons. The fourth-order valence-electron chi connectivity index (χ4n) is 2.20. The Bertz CT molecular complexity index is 914. The third-order valence-corrected chi connectivity index (χ3v) is 5.77. The highest BCUT2D eigenvalue weighted by Crippen LogP contribution is 2.17. The van der Waals surface area contributed by atoms with Crippen molar-refractivity contribution >= 4 is 46.5 Å². The zero-order chi connectivity index (χ0) is 19.1. The SMILES string of the molecule is O=C(CSc1nncn1CCc1cccs1)NNC(=O)c1ccccc1Cl. The normalized spacial score (nSPS) is 10.6. The number of aromatic nitrogens is 3. The highest BCUT2D eigenvalue weighted by Gasteiger charge is 2.12. The van der Waals surface area contributed by atoms with Crippen LogP contribution in [0.3, 0.4) is 0 Å². The van der Waals surface area contributed by atoms with Crippen LogP contribution >= 0.6 is 34.7 Å². The molecule has 0 radical (unpaired) electrons. The van der Waals surface area contributed by atoms with Gasteiger partial charge in [-0.15, -0.1) is 21.5 Å². The molecule has 0 fully saturated rings. The number of hydrazine groups is 1. The lowest BCUT2D eigenvalue weighted by atomic mass is 10.2. The van der Waals surface area contributed by atoms with Crippen molar-refractivity contribution in [3.8, 4) is 0 Å². The number of aryl methyl sites for hydroxylation is 2. The van der Waals surface area contributed by atoms with E-state index in [9.17, 15) is 9.59 Å². The molecule has 3 rings (SSSR count). The molecule has 10 heteroatoms. The van der Waals surface area contributed by atoms with Crippen LogP contribution in [0.25, 0.3) is 0 Å². The Balaban J connectivity index is 1.45. The van der Waals surface area contributed by atoms with E-state index in [0.717, 1.165) is 13.0 Å². The molecule has 2 N–H and O–H groups in total. The standard InChI is InChI=1S/C17H16ClN5O2S2/c18-14-6-2-1-5-13(14)16(25)21-20-15(24)10-27-17-22-19-11-23(17)8-7-12-4-3-9-26-12/h1-6,9,11H,7-8,10H2,(H,20,24)(H,21,25).